The molecule has 0 spiro atoms. The van der Waals surface area contributed by atoms with Crippen molar-refractivity contribution in [2.45, 2.75) is 12.8 Å². The van der Waals surface area contributed by atoms with Crippen LogP contribution in [-0.4, -0.2) is 80.9 Å². The van der Waals surface area contributed by atoms with Gasteiger partial charge in [-0.2, -0.15) is 4.31 Å². The van der Waals surface area contributed by atoms with E-state index in [1.54, 1.807) is 9.80 Å². The molecule has 0 radical (unpaired) electrons. The minimum Gasteiger partial charge on any atom is -0.355 e. The summed E-state index contributed by atoms with van der Waals surface area (Å²) in [5.41, 5.74) is 0.774. The summed E-state index contributed by atoms with van der Waals surface area (Å²) in [6.45, 7) is 1.80. The van der Waals surface area contributed by atoms with Gasteiger partial charge in [-0.05, 0) is 12.1 Å². The molecule has 2 heterocycles. The number of carbonyl (C=O) groups is 3. The Morgan fingerprint density at radius 1 is 1.10 bits per heavy atom. The number of rotatable bonds is 6. The molecule has 2 saturated heterocycles. The van der Waals surface area contributed by atoms with Crippen LogP contribution >= 0.6 is 0 Å². The molecule has 0 saturated carbocycles. The van der Waals surface area contributed by atoms with E-state index in [1.807, 2.05) is 30.3 Å². The zero-order valence-corrected chi connectivity index (χ0v) is 17.2. The second-order valence-corrected chi connectivity index (χ2v) is 9.31. The molecular weight excluding hydrogens is 396 g/mol. The van der Waals surface area contributed by atoms with E-state index in [-0.39, 0.29) is 50.2 Å². The Hall–Kier alpha value is -2.46. The number of para-hydroxylation sites is 1. The zero-order valence-electron chi connectivity index (χ0n) is 16.4. The second-order valence-electron chi connectivity index (χ2n) is 7.32. The van der Waals surface area contributed by atoms with Crippen LogP contribution in [-0.2, 0) is 24.4 Å². The first-order valence-electron chi connectivity index (χ1n) is 9.62. The average molecular weight is 423 g/mol. The molecule has 1 aromatic carbocycles. The van der Waals surface area contributed by atoms with Crippen molar-refractivity contribution in [3.05, 3.63) is 30.3 Å². The standard InChI is InChI=1S/C19H26N4O5S/c1-29(27,28)22-11-9-21(10-12-22)17(24)7-8-20-19(26)15-13-18(25)23(14-15)16-5-3-2-4-6-16/h2-6,15H,7-14H2,1H3,(H,20,26)/t15-/m0/s1. The van der Waals surface area contributed by atoms with E-state index in [0.29, 0.717) is 19.6 Å². The van der Waals surface area contributed by atoms with Crippen molar-refractivity contribution in [1.82, 2.24) is 14.5 Å². The third-order valence-corrected chi connectivity index (χ3v) is 6.57. The number of hydrogen-bond donors (Lipinski definition) is 1. The van der Waals surface area contributed by atoms with E-state index < -0.39 is 15.9 Å². The summed E-state index contributed by atoms with van der Waals surface area (Å²) in [5.74, 6) is -0.870. The predicted molar refractivity (Wildman–Crippen MR) is 108 cm³/mol. The van der Waals surface area contributed by atoms with Crippen LogP contribution in [0.5, 0.6) is 0 Å². The highest BCUT2D eigenvalue weighted by molar-refractivity contribution is 7.88. The van der Waals surface area contributed by atoms with Crippen LogP contribution in [0.3, 0.4) is 0 Å². The summed E-state index contributed by atoms with van der Waals surface area (Å²) in [7, 11) is -3.23. The van der Waals surface area contributed by atoms with Crippen LogP contribution in [0.25, 0.3) is 0 Å². The number of carbonyl (C=O) groups excluding carboxylic acids is 3. The largest absolute Gasteiger partial charge is 0.355 e. The van der Waals surface area contributed by atoms with E-state index >= 15 is 0 Å². The van der Waals surface area contributed by atoms with Gasteiger partial charge in [-0.15, -0.1) is 0 Å². The van der Waals surface area contributed by atoms with Crippen molar-refractivity contribution in [3.8, 4) is 0 Å². The summed E-state index contributed by atoms with van der Waals surface area (Å²) in [6, 6.07) is 9.22. The lowest BCUT2D eigenvalue weighted by atomic mass is 10.1. The van der Waals surface area contributed by atoms with Gasteiger partial charge in [0.05, 0.1) is 12.2 Å². The van der Waals surface area contributed by atoms with Crippen molar-refractivity contribution in [2.24, 2.45) is 5.92 Å². The molecule has 29 heavy (non-hydrogen) atoms. The van der Waals surface area contributed by atoms with Crippen molar-refractivity contribution in [1.29, 1.82) is 0 Å². The van der Waals surface area contributed by atoms with E-state index in [2.05, 4.69) is 5.32 Å². The molecule has 0 bridgehead atoms. The first-order valence-corrected chi connectivity index (χ1v) is 11.5. The summed E-state index contributed by atoms with van der Waals surface area (Å²) >= 11 is 0. The molecular formula is C19H26N4O5S. The molecule has 2 aliphatic heterocycles. The maximum Gasteiger partial charge on any atom is 0.227 e. The molecule has 3 rings (SSSR count). The Morgan fingerprint density at radius 3 is 2.38 bits per heavy atom. The number of sulfonamides is 1. The van der Waals surface area contributed by atoms with Gasteiger partial charge in [0.1, 0.15) is 0 Å². The molecule has 158 valence electrons. The molecule has 10 heteroatoms. The summed E-state index contributed by atoms with van der Waals surface area (Å²) < 4.78 is 24.4. The fourth-order valence-corrected chi connectivity index (χ4v) is 4.43. The smallest absolute Gasteiger partial charge is 0.227 e. The van der Waals surface area contributed by atoms with E-state index in [0.717, 1.165) is 11.9 Å². The second kappa shape index (κ2) is 8.91. The zero-order chi connectivity index (χ0) is 21.0. The van der Waals surface area contributed by atoms with Crippen molar-refractivity contribution >= 4 is 33.4 Å². The number of nitrogens with zero attached hydrogens (tertiary/aromatic N) is 3. The monoisotopic (exact) mass is 422 g/mol. The maximum atomic E-state index is 12.4. The van der Waals surface area contributed by atoms with Gasteiger partial charge in [-0.1, -0.05) is 18.2 Å². The number of piperazine rings is 1. The Bertz CT molecular complexity index is 866. The van der Waals surface area contributed by atoms with Crippen molar-refractivity contribution < 1.29 is 22.8 Å². The van der Waals surface area contributed by atoms with E-state index in [4.69, 9.17) is 0 Å². The lowest BCUT2D eigenvalue weighted by Gasteiger charge is -2.33. The quantitative estimate of drug-likeness (QED) is 0.674. The highest BCUT2D eigenvalue weighted by atomic mass is 32.2. The van der Waals surface area contributed by atoms with Gasteiger partial charge in [0.15, 0.2) is 0 Å². The van der Waals surface area contributed by atoms with E-state index in [9.17, 15) is 22.8 Å². The SMILES string of the molecule is CS(=O)(=O)N1CCN(C(=O)CCNC(=O)[C@H]2CC(=O)N(c3ccccc3)C2)CC1. The Labute approximate surface area is 170 Å². The van der Waals surface area contributed by atoms with Crippen LogP contribution in [0.4, 0.5) is 5.69 Å². The molecule has 9 nitrogen and oxygen atoms in total. The molecule has 0 aromatic heterocycles. The van der Waals surface area contributed by atoms with Gasteiger partial charge in [0.2, 0.25) is 27.7 Å². The average Bonchev–Trinajstić information content (AvgIpc) is 3.10. The minimum absolute atomic E-state index is 0.0869. The topological polar surface area (TPSA) is 107 Å². The van der Waals surface area contributed by atoms with Gasteiger partial charge < -0.3 is 15.1 Å². The van der Waals surface area contributed by atoms with Crippen LogP contribution in [0.2, 0.25) is 0 Å². The van der Waals surface area contributed by atoms with Crippen molar-refractivity contribution in [2.75, 3.05) is 50.4 Å². The fraction of sp³-hybridized carbons (Fsp3) is 0.526. The third-order valence-electron chi connectivity index (χ3n) is 5.26. The molecule has 0 unspecified atom stereocenters. The van der Waals surface area contributed by atoms with E-state index in [1.165, 1.54) is 4.31 Å². The van der Waals surface area contributed by atoms with Crippen LogP contribution in [0.1, 0.15) is 12.8 Å². The van der Waals surface area contributed by atoms with Crippen LogP contribution in [0.15, 0.2) is 30.3 Å². The van der Waals surface area contributed by atoms with Crippen molar-refractivity contribution in [3.63, 3.8) is 0 Å². The van der Waals surface area contributed by atoms with Gasteiger partial charge in [0, 0.05) is 57.8 Å². The van der Waals surface area contributed by atoms with Crippen LogP contribution < -0.4 is 10.2 Å². The normalized spacial score (nSPS) is 20.7. The van der Waals surface area contributed by atoms with Gasteiger partial charge in [-0.25, -0.2) is 8.42 Å². The number of anilines is 1. The molecule has 1 atom stereocenters. The number of nitrogens with one attached hydrogen (secondary N) is 1. The number of amides is 3. The summed E-state index contributed by atoms with van der Waals surface area (Å²) in [4.78, 5) is 40.1. The first-order chi connectivity index (χ1) is 13.8. The summed E-state index contributed by atoms with van der Waals surface area (Å²) in [5, 5.41) is 2.75. The molecule has 2 aliphatic rings. The van der Waals surface area contributed by atoms with Crippen LogP contribution in [0, 0.1) is 5.92 Å². The summed E-state index contributed by atoms with van der Waals surface area (Å²) in [6.07, 6.45) is 1.46. The Kier molecular flexibility index (Phi) is 6.53. The van der Waals surface area contributed by atoms with Gasteiger partial charge in [-0.3, -0.25) is 14.4 Å². The highest BCUT2D eigenvalue weighted by Crippen LogP contribution is 2.24. The fourth-order valence-electron chi connectivity index (χ4n) is 3.60. The maximum absolute atomic E-state index is 12.4. The molecule has 1 aromatic rings. The third kappa shape index (κ3) is 5.33. The molecule has 3 amide bonds. The lowest BCUT2D eigenvalue weighted by molar-refractivity contribution is -0.132. The van der Waals surface area contributed by atoms with Gasteiger partial charge >= 0.3 is 0 Å². The number of hydrogen-bond acceptors (Lipinski definition) is 5. The predicted octanol–water partition coefficient (Wildman–Crippen LogP) is -0.350. The highest BCUT2D eigenvalue weighted by Gasteiger charge is 2.35. The van der Waals surface area contributed by atoms with Gasteiger partial charge in [0.25, 0.3) is 0 Å². The molecule has 1 N–H and O–H groups in total. The molecule has 0 aliphatic carbocycles. The lowest BCUT2D eigenvalue weighted by Crippen LogP contribution is -2.50. The Balaban J connectivity index is 1.41. The molecule has 2 fully saturated rings. The first kappa shape index (κ1) is 21.3. The number of benzene rings is 1. The Morgan fingerprint density at radius 2 is 1.76 bits per heavy atom. The minimum atomic E-state index is -3.23.